The zero-order valence-corrected chi connectivity index (χ0v) is 17.7. The van der Waals surface area contributed by atoms with Crippen LogP contribution in [0.25, 0.3) is 16.0 Å². The molecule has 2 aliphatic heterocycles. The molecule has 0 atom stereocenters. The Kier molecular flexibility index (Phi) is 5.09. The van der Waals surface area contributed by atoms with Gasteiger partial charge < -0.3 is 9.64 Å². The molecule has 1 saturated heterocycles. The molecule has 0 amide bonds. The van der Waals surface area contributed by atoms with Gasteiger partial charge in [0.05, 0.1) is 12.3 Å². The second-order valence-corrected chi connectivity index (χ2v) is 8.32. The van der Waals surface area contributed by atoms with Crippen LogP contribution in [0.2, 0.25) is 0 Å². The van der Waals surface area contributed by atoms with Gasteiger partial charge in [-0.2, -0.15) is 10.3 Å². The van der Waals surface area contributed by atoms with Crippen LogP contribution in [-0.2, 0) is 0 Å². The standard InChI is InChI=1S/C27H22N4O/c1-29-22-7-5-6-20(16-22)21-10-11-26-24(17-21)25(30-19-28)18-27(32-26)12-14-31(15-13-27)23-8-3-2-4-9-23/h2-11,16-17H,12-15,18H2/b30-25+. The number of nitriles is 1. The van der Waals surface area contributed by atoms with Crippen molar-refractivity contribution in [3.8, 4) is 23.1 Å². The van der Waals surface area contributed by atoms with Crippen molar-refractivity contribution in [3.63, 3.8) is 0 Å². The monoisotopic (exact) mass is 418 g/mol. The summed E-state index contributed by atoms with van der Waals surface area (Å²) >= 11 is 0. The molecule has 156 valence electrons. The van der Waals surface area contributed by atoms with Crippen LogP contribution in [-0.4, -0.2) is 24.4 Å². The number of piperidine rings is 1. The maximum atomic E-state index is 9.36. The Morgan fingerprint density at radius 2 is 1.75 bits per heavy atom. The zero-order chi connectivity index (χ0) is 22.0. The fourth-order valence-electron chi connectivity index (χ4n) is 4.70. The molecule has 5 rings (SSSR count). The molecule has 0 saturated carbocycles. The number of benzene rings is 3. The molecular formula is C27H22N4O. The molecule has 5 heteroatoms. The second kappa shape index (κ2) is 8.21. The van der Waals surface area contributed by atoms with E-state index in [0.29, 0.717) is 12.1 Å². The lowest BCUT2D eigenvalue weighted by Gasteiger charge is -2.45. The minimum absolute atomic E-state index is 0.334. The van der Waals surface area contributed by atoms with Gasteiger partial charge in [0.25, 0.3) is 0 Å². The molecule has 5 nitrogen and oxygen atoms in total. The maximum Gasteiger partial charge on any atom is 0.205 e. The van der Waals surface area contributed by atoms with Gasteiger partial charge in [0.15, 0.2) is 5.69 Å². The van der Waals surface area contributed by atoms with Gasteiger partial charge in [-0.15, -0.1) is 0 Å². The summed E-state index contributed by atoms with van der Waals surface area (Å²) in [5.41, 5.74) is 5.10. The summed E-state index contributed by atoms with van der Waals surface area (Å²) in [5.74, 6) is 0.781. The summed E-state index contributed by atoms with van der Waals surface area (Å²) < 4.78 is 6.59. The summed E-state index contributed by atoms with van der Waals surface area (Å²) in [4.78, 5) is 10.1. The number of hydrogen-bond donors (Lipinski definition) is 0. The average molecular weight is 419 g/mol. The zero-order valence-electron chi connectivity index (χ0n) is 17.7. The number of nitrogens with zero attached hydrogens (tertiary/aromatic N) is 4. The minimum atomic E-state index is -0.334. The van der Waals surface area contributed by atoms with Crippen LogP contribution in [0.1, 0.15) is 24.8 Å². The number of hydrogen-bond acceptors (Lipinski definition) is 4. The van der Waals surface area contributed by atoms with Gasteiger partial charge in [0, 0.05) is 43.6 Å². The van der Waals surface area contributed by atoms with E-state index in [1.807, 2.05) is 48.7 Å². The Balaban J connectivity index is 1.44. The highest BCUT2D eigenvalue weighted by Crippen LogP contribution is 2.42. The molecule has 0 aliphatic carbocycles. The van der Waals surface area contributed by atoms with E-state index < -0.39 is 0 Å². The topological polar surface area (TPSA) is 53.0 Å². The van der Waals surface area contributed by atoms with Gasteiger partial charge in [-0.25, -0.2) is 4.85 Å². The molecular weight excluding hydrogens is 396 g/mol. The van der Waals surface area contributed by atoms with E-state index in [1.54, 1.807) is 6.07 Å². The molecule has 32 heavy (non-hydrogen) atoms. The quantitative estimate of drug-likeness (QED) is 0.379. The number of fused-ring (bicyclic) bond motifs is 1. The summed E-state index contributed by atoms with van der Waals surface area (Å²) in [6.45, 7) is 9.07. The number of aliphatic imine (C=N–C) groups is 1. The SMILES string of the molecule is [C-]#[N+]c1cccc(-c2ccc3c(c2)/C(=N/C#N)CC2(CCN(c4ccccc4)CC2)O3)c1. The second-order valence-electron chi connectivity index (χ2n) is 8.32. The highest BCUT2D eigenvalue weighted by atomic mass is 16.5. The van der Waals surface area contributed by atoms with Gasteiger partial charge in [0.1, 0.15) is 11.4 Å². The normalized spacial score (nSPS) is 17.8. The molecule has 1 fully saturated rings. The van der Waals surface area contributed by atoms with E-state index in [-0.39, 0.29) is 5.60 Å². The third-order valence-electron chi connectivity index (χ3n) is 6.40. The Labute approximate surface area is 188 Å². The summed E-state index contributed by atoms with van der Waals surface area (Å²) in [7, 11) is 0. The first kappa shape index (κ1) is 19.8. The van der Waals surface area contributed by atoms with E-state index in [4.69, 9.17) is 11.3 Å². The first-order valence-corrected chi connectivity index (χ1v) is 10.8. The predicted molar refractivity (Wildman–Crippen MR) is 126 cm³/mol. The Morgan fingerprint density at radius 3 is 2.50 bits per heavy atom. The van der Waals surface area contributed by atoms with Crippen LogP contribution in [0.15, 0.2) is 77.8 Å². The van der Waals surface area contributed by atoms with E-state index >= 15 is 0 Å². The smallest absolute Gasteiger partial charge is 0.205 e. The highest BCUT2D eigenvalue weighted by molar-refractivity contribution is 6.06. The van der Waals surface area contributed by atoms with Crippen LogP contribution in [0.5, 0.6) is 5.75 Å². The average Bonchev–Trinajstić information content (AvgIpc) is 2.85. The van der Waals surface area contributed by atoms with Gasteiger partial charge in [-0.1, -0.05) is 42.5 Å². The van der Waals surface area contributed by atoms with Crippen LogP contribution in [0, 0.1) is 18.0 Å². The van der Waals surface area contributed by atoms with Gasteiger partial charge in [-0.05, 0) is 41.5 Å². The molecule has 3 aromatic rings. The molecule has 2 heterocycles. The fraction of sp³-hybridized carbons (Fsp3) is 0.222. The summed E-state index contributed by atoms with van der Waals surface area (Å²) in [5, 5.41) is 9.36. The van der Waals surface area contributed by atoms with Crippen molar-refractivity contribution in [1.29, 1.82) is 5.26 Å². The first-order chi connectivity index (χ1) is 15.7. The van der Waals surface area contributed by atoms with Crippen molar-refractivity contribution in [2.45, 2.75) is 24.9 Å². The summed E-state index contributed by atoms with van der Waals surface area (Å²) in [6.07, 6.45) is 4.37. The minimum Gasteiger partial charge on any atom is -0.486 e. The summed E-state index contributed by atoms with van der Waals surface area (Å²) in [6, 6.07) is 24.0. The van der Waals surface area contributed by atoms with E-state index in [2.05, 4.69) is 39.0 Å². The Bertz CT molecular complexity index is 1260. The largest absolute Gasteiger partial charge is 0.486 e. The Morgan fingerprint density at radius 1 is 0.969 bits per heavy atom. The number of rotatable bonds is 2. The van der Waals surface area contributed by atoms with Crippen molar-refractivity contribution in [3.05, 3.63) is 89.8 Å². The van der Waals surface area contributed by atoms with Crippen molar-refractivity contribution < 1.29 is 4.74 Å². The molecule has 2 aliphatic rings. The van der Waals surface area contributed by atoms with Gasteiger partial charge in [-0.3, -0.25) is 0 Å². The van der Waals surface area contributed by atoms with Crippen LogP contribution < -0.4 is 9.64 Å². The fourth-order valence-corrected chi connectivity index (χ4v) is 4.70. The highest BCUT2D eigenvalue weighted by Gasteiger charge is 2.42. The van der Waals surface area contributed by atoms with Crippen molar-refractivity contribution in [1.82, 2.24) is 0 Å². The molecule has 0 aromatic heterocycles. The molecule has 3 aromatic carbocycles. The molecule has 0 N–H and O–H groups in total. The van der Waals surface area contributed by atoms with Crippen LogP contribution in [0.3, 0.4) is 0 Å². The van der Waals surface area contributed by atoms with Crippen molar-refractivity contribution >= 4 is 17.1 Å². The van der Waals surface area contributed by atoms with Crippen LogP contribution in [0.4, 0.5) is 11.4 Å². The molecule has 1 spiro atoms. The lowest BCUT2D eigenvalue weighted by Crippen LogP contribution is -2.51. The van der Waals surface area contributed by atoms with Gasteiger partial charge in [0.2, 0.25) is 6.19 Å². The third-order valence-corrected chi connectivity index (χ3v) is 6.40. The maximum absolute atomic E-state index is 9.36. The van der Waals surface area contributed by atoms with Crippen LogP contribution >= 0.6 is 0 Å². The predicted octanol–water partition coefficient (Wildman–Crippen LogP) is 6.00. The van der Waals surface area contributed by atoms with Crippen molar-refractivity contribution in [2.24, 2.45) is 4.99 Å². The first-order valence-electron chi connectivity index (χ1n) is 10.8. The van der Waals surface area contributed by atoms with E-state index in [1.165, 1.54) is 5.69 Å². The lowest BCUT2D eigenvalue weighted by atomic mass is 9.81. The van der Waals surface area contributed by atoms with Gasteiger partial charge >= 0.3 is 0 Å². The van der Waals surface area contributed by atoms with Crippen molar-refractivity contribution in [2.75, 3.05) is 18.0 Å². The number of ether oxygens (including phenoxy) is 1. The molecule has 0 bridgehead atoms. The van der Waals surface area contributed by atoms with E-state index in [9.17, 15) is 5.26 Å². The molecule has 0 radical (unpaired) electrons. The number of para-hydroxylation sites is 1. The lowest BCUT2D eigenvalue weighted by molar-refractivity contribution is 0.0450. The number of anilines is 1. The van der Waals surface area contributed by atoms with E-state index in [0.717, 1.165) is 54.1 Å². The Hall–Kier alpha value is -4.09. The third kappa shape index (κ3) is 3.70. The molecule has 0 unspecified atom stereocenters.